The molecule has 0 aromatic heterocycles. The zero-order chi connectivity index (χ0) is 10.2. The van der Waals surface area contributed by atoms with Crippen molar-refractivity contribution in [3.05, 3.63) is 12.2 Å². The Morgan fingerprint density at radius 3 is 2.93 bits per heavy atom. The SMILES string of the molecule is COC(C)(C)CNC1CC2CC=CC21. The van der Waals surface area contributed by atoms with Crippen LogP contribution in [-0.4, -0.2) is 25.3 Å². The molecule has 2 heteroatoms. The molecular weight excluding hydrogens is 174 g/mol. The number of ether oxygens (including phenoxy) is 1. The van der Waals surface area contributed by atoms with Crippen LogP contribution in [0.15, 0.2) is 12.2 Å². The molecule has 1 fully saturated rings. The van der Waals surface area contributed by atoms with Gasteiger partial charge in [-0.1, -0.05) is 12.2 Å². The molecule has 1 N–H and O–H groups in total. The van der Waals surface area contributed by atoms with Gasteiger partial charge in [-0.3, -0.25) is 0 Å². The summed E-state index contributed by atoms with van der Waals surface area (Å²) in [5.41, 5.74) is -0.0343. The lowest BCUT2D eigenvalue weighted by molar-refractivity contribution is 0.0129. The van der Waals surface area contributed by atoms with E-state index >= 15 is 0 Å². The summed E-state index contributed by atoms with van der Waals surface area (Å²) >= 11 is 0. The van der Waals surface area contributed by atoms with Crippen LogP contribution in [-0.2, 0) is 4.74 Å². The van der Waals surface area contributed by atoms with Gasteiger partial charge >= 0.3 is 0 Å². The van der Waals surface area contributed by atoms with Gasteiger partial charge in [-0.2, -0.15) is 0 Å². The summed E-state index contributed by atoms with van der Waals surface area (Å²) in [7, 11) is 1.78. The van der Waals surface area contributed by atoms with Crippen molar-refractivity contribution in [1.82, 2.24) is 5.32 Å². The molecule has 3 unspecified atom stereocenters. The van der Waals surface area contributed by atoms with Crippen molar-refractivity contribution in [3.8, 4) is 0 Å². The first-order valence-electron chi connectivity index (χ1n) is 5.57. The summed E-state index contributed by atoms with van der Waals surface area (Å²) in [5.74, 6) is 1.75. The molecule has 0 saturated heterocycles. The smallest absolute Gasteiger partial charge is 0.0746 e. The van der Waals surface area contributed by atoms with Gasteiger partial charge in [-0.15, -0.1) is 0 Å². The monoisotopic (exact) mass is 195 g/mol. The Bertz CT molecular complexity index is 234. The van der Waals surface area contributed by atoms with Crippen LogP contribution in [0.1, 0.15) is 26.7 Å². The van der Waals surface area contributed by atoms with E-state index < -0.39 is 0 Å². The van der Waals surface area contributed by atoms with E-state index in [0.29, 0.717) is 6.04 Å². The highest BCUT2D eigenvalue weighted by Crippen LogP contribution is 2.42. The minimum absolute atomic E-state index is 0.0343. The standard InChI is InChI=1S/C12H21NO/c1-12(2,14-3)8-13-11-7-9-5-4-6-10(9)11/h4,6,9-11,13H,5,7-8H2,1-3H3. The van der Waals surface area contributed by atoms with Gasteiger partial charge in [0.15, 0.2) is 0 Å². The fourth-order valence-corrected chi connectivity index (χ4v) is 2.40. The minimum atomic E-state index is -0.0343. The number of hydrogen-bond donors (Lipinski definition) is 1. The van der Waals surface area contributed by atoms with E-state index in [-0.39, 0.29) is 5.60 Å². The Labute approximate surface area is 86.7 Å². The molecule has 2 aliphatic rings. The highest BCUT2D eigenvalue weighted by molar-refractivity contribution is 5.13. The predicted octanol–water partition coefficient (Wildman–Crippen LogP) is 1.97. The van der Waals surface area contributed by atoms with Crippen LogP contribution in [0.4, 0.5) is 0 Å². The van der Waals surface area contributed by atoms with Gasteiger partial charge in [0.1, 0.15) is 0 Å². The maximum Gasteiger partial charge on any atom is 0.0746 e. The Balaban J connectivity index is 1.75. The molecule has 3 atom stereocenters. The van der Waals surface area contributed by atoms with Crippen LogP contribution in [0.2, 0.25) is 0 Å². The molecule has 1 saturated carbocycles. The van der Waals surface area contributed by atoms with Crippen molar-refractivity contribution in [2.24, 2.45) is 11.8 Å². The second-order valence-corrected chi connectivity index (χ2v) is 5.19. The summed E-state index contributed by atoms with van der Waals surface area (Å²) in [4.78, 5) is 0. The number of fused-ring (bicyclic) bond motifs is 1. The van der Waals surface area contributed by atoms with E-state index in [2.05, 4.69) is 31.3 Å². The molecule has 0 radical (unpaired) electrons. The second kappa shape index (κ2) is 3.67. The van der Waals surface area contributed by atoms with Crippen LogP contribution >= 0.6 is 0 Å². The number of allylic oxidation sites excluding steroid dienone is 1. The Morgan fingerprint density at radius 2 is 2.29 bits per heavy atom. The van der Waals surface area contributed by atoms with Crippen LogP contribution in [0.5, 0.6) is 0 Å². The predicted molar refractivity (Wildman–Crippen MR) is 58.2 cm³/mol. The van der Waals surface area contributed by atoms with Crippen molar-refractivity contribution < 1.29 is 4.74 Å². The molecule has 0 amide bonds. The molecule has 0 aromatic rings. The molecule has 14 heavy (non-hydrogen) atoms. The first-order valence-corrected chi connectivity index (χ1v) is 5.57. The molecule has 0 aliphatic heterocycles. The van der Waals surface area contributed by atoms with E-state index in [1.165, 1.54) is 12.8 Å². The summed E-state index contributed by atoms with van der Waals surface area (Å²) < 4.78 is 5.39. The van der Waals surface area contributed by atoms with Crippen molar-refractivity contribution in [2.45, 2.75) is 38.3 Å². The van der Waals surface area contributed by atoms with E-state index in [1.54, 1.807) is 7.11 Å². The lowest BCUT2D eigenvalue weighted by Crippen LogP contribution is -2.52. The van der Waals surface area contributed by atoms with Gasteiger partial charge < -0.3 is 10.1 Å². The molecule has 0 spiro atoms. The Hall–Kier alpha value is -0.340. The van der Waals surface area contributed by atoms with Gasteiger partial charge in [0.25, 0.3) is 0 Å². The van der Waals surface area contributed by atoms with E-state index in [9.17, 15) is 0 Å². The summed E-state index contributed by atoms with van der Waals surface area (Å²) in [5, 5.41) is 3.61. The van der Waals surface area contributed by atoms with Crippen molar-refractivity contribution >= 4 is 0 Å². The highest BCUT2D eigenvalue weighted by Gasteiger charge is 2.41. The Morgan fingerprint density at radius 1 is 1.50 bits per heavy atom. The van der Waals surface area contributed by atoms with Gasteiger partial charge in [0.05, 0.1) is 5.60 Å². The number of nitrogens with one attached hydrogen (secondary N) is 1. The maximum atomic E-state index is 5.39. The third-order valence-electron chi connectivity index (χ3n) is 3.71. The average Bonchev–Trinajstić information content (AvgIpc) is 2.48. The van der Waals surface area contributed by atoms with E-state index in [1.807, 2.05) is 0 Å². The molecule has 80 valence electrons. The quantitative estimate of drug-likeness (QED) is 0.692. The number of rotatable bonds is 4. The average molecular weight is 195 g/mol. The Kier molecular flexibility index (Phi) is 2.67. The molecule has 2 nitrogen and oxygen atoms in total. The summed E-state index contributed by atoms with van der Waals surface area (Å²) in [6, 6.07) is 0.702. The van der Waals surface area contributed by atoms with Gasteiger partial charge in [0, 0.05) is 19.7 Å². The summed E-state index contributed by atoms with van der Waals surface area (Å²) in [6.45, 7) is 5.20. The molecule has 2 rings (SSSR count). The summed E-state index contributed by atoms with van der Waals surface area (Å²) in [6.07, 6.45) is 7.36. The fourth-order valence-electron chi connectivity index (χ4n) is 2.40. The van der Waals surface area contributed by atoms with Gasteiger partial charge in [-0.05, 0) is 38.5 Å². The number of hydrogen-bond acceptors (Lipinski definition) is 2. The van der Waals surface area contributed by atoms with Crippen LogP contribution in [0.3, 0.4) is 0 Å². The minimum Gasteiger partial charge on any atom is -0.377 e. The lowest BCUT2D eigenvalue weighted by atomic mass is 9.71. The second-order valence-electron chi connectivity index (χ2n) is 5.19. The van der Waals surface area contributed by atoms with Crippen molar-refractivity contribution in [3.63, 3.8) is 0 Å². The third-order valence-corrected chi connectivity index (χ3v) is 3.71. The largest absolute Gasteiger partial charge is 0.377 e. The highest BCUT2D eigenvalue weighted by atomic mass is 16.5. The van der Waals surface area contributed by atoms with Crippen LogP contribution in [0.25, 0.3) is 0 Å². The van der Waals surface area contributed by atoms with Gasteiger partial charge in [0.2, 0.25) is 0 Å². The zero-order valence-electron chi connectivity index (χ0n) is 9.42. The molecule has 0 aromatic carbocycles. The van der Waals surface area contributed by atoms with Crippen molar-refractivity contribution in [2.75, 3.05) is 13.7 Å². The third kappa shape index (κ3) is 1.86. The normalized spacial score (nSPS) is 35.5. The van der Waals surface area contributed by atoms with Crippen LogP contribution < -0.4 is 5.32 Å². The maximum absolute atomic E-state index is 5.39. The fraction of sp³-hybridized carbons (Fsp3) is 0.833. The van der Waals surface area contributed by atoms with Crippen molar-refractivity contribution in [1.29, 1.82) is 0 Å². The number of methoxy groups -OCH3 is 1. The topological polar surface area (TPSA) is 21.3 Å². The van der Waals surface area contributed by atoms with Crippen LogP contribution in [0, 0.1) is 11.8 Å². The first-order chi connectivity index (χ1) is 6.62. The first kappa shape index (κ1) is 10.2. The molecule has 0 bridgehead atoms. The molecule has 0 heterocycles. The molecular formula is C12H21NO. The van der Waals surface area contributed by atoms with Gasteiger partial charge in [-0.25, -0.2) is 0 Å². The zero-order valence-corrected chi connectivity index (χ0v) is 9.42. The molecule has 2 aliphatic carbocycles. The van der Waals surface area contributed by atoms with E-state index in [4.69, 9.17) is 4.74 Å². The van der Waals surface area contributed by atoms with E-state index in [0.717, 1.165) is 18.4 Å². The lowest BCUT2D eigenvalue weighted by Gasteiger charge is -2.42.